The monoisotopic (exact) mass is 400 g/mol. The molecule has 4 heterocycles. The van der Waals surface area contributed by atoms with Gasteiger partial charge in [0.15, 0.2) is 0 Å². The van der Waals surface area contributed by atoms with Crippen LogP contribution in [-0.4, -0.2) is 52.3 Å². The van der Waals surface area contributed by atoms with Gasteiger partial charge in [-0.25, -0.2) is 4.98 Å². The van der Waals surface area contributed by atoms with E-state index in [-0.39, 0.29) is 11.8 Å². The summed E-state index contributed by atoms with van der Waals surface area (Å²) in [7, 11) is 0. The molecule has 3 aromatic rings. The van der Waals surface area contributed by atoms with Gasteiger partial charge in [0.1, 0.15) is 11.3 Å². The highest BCUT2D eigenvalue weighted by Crippen LogP contribution is 2.28. The molecule has 2 amide bonds. The zero-order valence-electron chi connectivity index (χ0n) is 16.3. The van der Waals surface area contributed by atoms with Gasteiger partial charge >= 0.3 is 0 Å². The Kier molecular flexibility index (Phi) is 4.36. The smallest absolute Gasteiger partial charge is 0.274 e. The molecule has 1 N–H and O–H groups in total. The quantitative estimate of drug-likeness (QED) is 0.711. The molecule has 0 aliphatic carbocycles. The van der Waals surface area contributed by atoms with E-state index in [0.717, 1.165) is 36.4 Å². The average Bonchev–Trinajstić information content (AvgIpc) is 3.21. The van der Waals surface area contributed by atoms with Crippen molar-refractivity contribution in [2.75, 3.05) is 36.4 Å². The molecule has 1 saturated heterocycles. The van der Waals surface area contributed by atoms with Crippen molar-refractivity contribution >= 4 is 28.8 Å². The van der Waals surface area contributed by atoms with Gasteiger partial charge in [0.2, 0.25) is 5.91 Å². The summed E-state index contributed by atoms with van der Waals surface area (Å²) in [5.41, 5.74) is 4.68. The number of imidazole rings is 1. The second-order valence-corrected chi connectivity index (χ2v) is 7.59. The van der Waals surface area contributed by atoms with Crippen LogP contribution in [0.25, 0.3) is 5.65 Å². The predicted octanol–water partition coefficient (Wildman–Crippen LogP) is 2.05. The maximum Gasteiger partial charge on any atom is 0.274 e. The minimum atomic E-state index is -0.0926. The molecule has 0 atom stereocenters. The van der Waals surface area contributed by atoms with Crippen LogP contribution in [0, 0.1) is 11.3 Å². The van der Waals surface area contributed by atoms with Gasteiger partial charge in [0.25, 0.3) is 5.91 Å². The van der Waals surface area contributed by atoms with Crippen molar-refractivity contribution < 1.29 is 9.59 Å². The molecule has 2 aromatic heterocycles. The molecule has 150 valence electrons. The van der Waals surface area contributed by atoms with Crippen molar-refractivity contribution in [3.8, 4) is 6.07 Å². The normalized spacial score (nSPS) is 16.2. The van der Waals surface area contributed by atoms with E-state index in [4.69, 9.17) is 5.26 Å². The fourth-order valence-electron chi connectivity index (χ4n) is 4.05. The van der Waals surface area contributed by atoms with Gasteiger partial charge in [-0.1, -0.05) is 0 Å². The van der Waals surface area contributed by atoms with Gasteiger partial charge in [0, 0.05) is 56.4 Å². The molecule has 2 aliphatic heterocycles. The lowest BCUT2D eigenvalue weighted by Crippen LogP contribution is -2.49. The van der Waals surface area contributed by atoms with Crippen molar-refractivity contribution in [2.45, 2.75) is 12.8 Å². The van der Waals surface area contributed by atoms with E-state index in [1.54, 1.807) is 28.9 Å². The second kappa shape index (κ2) is 7.19. The highest BCUT2D eigenvalue weighted by Gasteiger charge is 2.25. The predicted molar refractivity (Wildman–Crippen MR) is 111 cm³/mol. The number of anilines is 2. The van der Waals surface area contributed by atoms with E-state index in [0.29, 0.717) is 36.4 Å². The van der Waals surface area contributed by atoms with Crippen LogP contribution in [0.5, 0.6) is 0 Å². The molecule has 30 heavy (non-hydrogen) atoms. The first-order chi connectivity index (χ1) is 14.6. The van der Waals surface area contributed by atoms with Gasteiger partial charge < -0.3 is 19.5 Å². The lowest BCUT2D eigenvalue weighted by atomic mass is 10.0. The van der Waals surface area contributed by atoms with Crippen molar-refractivity contribution in [2.24, 2.45) is 0 Å². The number of fused-ring (bicyclic) bond motifs is 2. The van der Waals surface area contributed by atoms with Crippen LogP contribution in [0.1, 0.15) is 28.0 Å². The maximum atomic E-state index is 12.9. The summed E-state index contributed by atoms with van der Waals surface area (Å²) in [6, 6.07) is 11.6. The summed E-state index contributed by atoms with van der Waals surface area (Å²) in [5, 5.41) is 11.9. The topological polar surface area (TPSA) is 93.7 Å². The molecule has 1 aromatic carbocycles. The van der Waals surface area contributed by atoms with Crippen molar-refractivity contribution in [3.63, 3.8) is 0 Å². The Labute approximate surface area is 173 Å². The average molecular weight is 400 g/mol. The molecular weight excluding hydrogens is 380 g/mol. The number of nitriles is 1. The van der Waals surface area contributed by atoms with Crippen LogP contribution < -0.4 is 10.2 Å². The zero-order chi connectivity index (χ0) is 20.7. The third kappa shape index (κ3) is 3.24. The largest absolute Gasteiger partial charge is 0.368 e. The molecule has 0 saturated carbocycles. The minimum Gasteiger partial charge on any atom is -0.368 e. The zero-order valence-corrected chi connectivity index (χ0v) is 16.3. The molecule has 8 heteroatoms. The van der Waals surface area contributed by atoms with Crippen molar-refractivity contribution in [1.29, 1.82) is 5.26 Å². The number of nitrogens with one attached hydrogen (secondary N) is 1. The van der Waals surface area contributed by atoms with Crippen LogP contribution in [0.4, 0.5) is 11.4 Å². The van der Waals surface area contributed by atoms with Crippen LogP contribution in [0.3, 0.4) is 0 Å². The van der Waals surface area contributed by atoms with E-state index in [1.165, 1.54) is 0 Å². The van der Waals surface area contributed by atoms with Gasteiger partial charge in [0.05, 0.1) is 11.6 Å². The molecule has 0 spiro atoms. The Hall–Kier alpha value is -3.86. The third-order valence-corrected chi connectivity index (χ3v) is 5.72. The Bertz CT molecular complexity index is 1200. The number of hydrogen-bond acceptors (Lipinski definition) is 5. The number of amides is 2. The molecule has 2 aliphatic rings. The fraction of sp³-hybridized carbons (Fsp3) is 0.273. The number of benzene rings is 1. The van der Waals surface area contributed by atoms with E-state index in [9.17, 15) is 9.59 Å². The van der Waals surface area contributed by atoms with Gasteiger partial charge in [-0.15, -0.1) is 0 Å². The Morgan fingerprint density at radius 2 is 1.93 bits per heavy atom. The Morgan fingerprint density at radius 1 is 1.10 bits per heavy atom. The molecule has 1 fully saturated rings. The number of carbonyl (C=O) groups is 2. The number of aromatic nitrogens is 2. The SMILES string of the molecule is N#Cc1ccn2cc(C(=O)N3CCN(c4ccc5c(c4)CCC(=O)N5)CC3)nc2c1. The lowest BCUT2D eigenvalue weighted by molar-refractivity contribution is -0.116. The van der Waals surface area contributed by atoms with Crippen molar-refractivity contribution in [3.05, 3.63) is 59.5 Å². The van der Waals surface area contributed by atoms with E-state index in [2.05, 4.69) is 27.3 Å². The number of pyridine rings is 1. The number of piperazine rings is 1. The van der Waals surface area contributed by atoms with Crippen LogP contribution in [0.15, 0.2) is 42.7 Å². The van der Waals surface area contributed by atoms with Crippen molar-refractivity contribution in [1.82, 2.24) is 14.3 Å². The summed E-state index contributed by atoms with van der Waals surface area (Å²) in [4.78, 5) is 32.9. The minimum absolute atomic E-state index is 0.0678. The second-order valence-electron chi connectivity index (χ2n) is 7.59. The number of nitrogens with zero attached hydrogens (tertiary/aromatic N) is 5. The summed E-state index contributed by atoms with van der Waals surface area (Å²) >= 11 is 0. The molecule has 0 radical (unpaired) electrons. The molecule has 8 nitrogen and oxygen atoms in total. The van der Waals surface area contributed by atoms with Crippen LogP contribution >= 0.6 is 0 Å². The number of rotatable bonds is 2. The molecule has 5 rings (SSSR count). The van der Waals surface area contributed by atoms with E-state index >= 15 is 0 Å². The molecule has 0 bridgehead atoms. The summed E-state index contributed by atoms with van der Waals surface area (Å²) in [6.07, 6.45) is 4.74. The van der Waals surface area contributed by atoms with Gasteiger partial charge in [-0.3, -0.25) is 9.59 Å². The first-order valence-electron chi connectivity index (χ1n) is 9.96. The lowest BCUT2D eigenvalue weighted by Gasteiger charge is -2.36. The highest BCUT2D eigenvalue weighted by molar-refractivity contribution is 5.94. The van der Waals surface area contributed by atoms with Crippen LogP contribution in [-0.2, 0) is 11.2 Å². The molecular formula is C22H20N6O2. The Balaban J connectivity index is 1.27. The van der Waals surface area contributed by atoms with E-state index in [1.807, 2.05) is 17.0 Å². The maximum absolute atomic E-state index is 12.9. The Morgan fingerprint density at radius 3 is 2.73 bits per heavy atom. The first-order valence-corrected chi connectivity index (χ1v) is 9.96. The third-order valence-electron chi connectivity index (χ3n) is 5.72. The van der Waals surface area contributed by atoms with Gasteiger partial charge in [-0.2, -0.15) is 5.26 Å². The molecule has 0 unspecified atom stereocenters. The number of aryl methyl sites for hydroxylation is 1. The summed E-state index contributed by atoms with van der Waals surface area (Å²) in [6.45, 7) is 2.71. The van der Waals surface area contributed by atoms with Crippen LogP contribution in [0.2, 0.25) is 0 Å². The van der Waals surface area contributed by atoms with E-state index < -0.39 is 0 Å². The number of hydrogen-bond donors (Lipinski definition) is 1. The summed E-state index contributed by atoms with van der Waals surface area (Å²) < 4.78 is 1.76. The highest BCUT2D eigenvalue weighted by atomic mass is 16.2. The first kappa shape index (κ1) is 18.2. The number of carbonyl (C=O) groups excluding carboxylic acids is 2. The fourth-order valence-corrected chi connectivity index (χ4v) is 4.05. The summed E-state index contributed by atoms with van der Waals surface area (Å²) in [5.74, 6) is -0.0248. The standard InChI is InChI=1S/C22H20N6O2/c23-13-15-5-6-28-14-19(24-20(28)11-15)22(30)27-9-7-26(8-10-27)17-2-3-18-16(12-17)1-4-21(29)25-18/h2-3,5-6,11-12,14H,1,4,7-10H2,(H,25,29). The van der Waals surface area contributed by atoms with Gasteiger partial charge in [-0.05, 0) is 42.3 Å².